The third-order valence-corrected chi connectivity index (χ3v) is 2.93. The first-order valence-corrected chi connectivity index (χ1v) is 6.05. The maximum Gasteiger partial charge on any atom is 0.161 e. The summed E-state index contributed by atoms with van der Waals surface area (Å²) in [5.74, 6) is -1.25. The number of fused-ring (bicyclic) bond motifs is 1. The maximum absolute atomic E-state index is 13.3. The molecule has 7 heteroatoms. The van der Waals surface area contributed by atoms with Gasteiger partial charge in [0.25, 0.3) is 0 Å². The molecule has 0 atom stereocenters. The summed E-state index contributed by atoms with van der Waals surface area (Å²) in [4.78, 5) is 4.58. The lowest BCUT2D eigenvalue weighted by molar-refractivity contribution is 0.175. The molecule has 0 unspecified atom stereocenters. The van der Waals surface area contributed by atoms with E-state index in [4.69, 9.17) is 22.7 Å². The number of rotatable bonds is 5. The van der Waals surface area contributed by atoms with Gasteiger partial charge in [0.15, 0.2) is 11.6 Å². The van der Waals surface area contributed by atoms with Crippen molar-refractivity contribution in [3.63, 3.8) is 0 Å². The first-order chi connectivity index (χ1) is 9.02. The van der Waals surface area contributed by atoms with Gasteiger partial charge >= 0.3 is 0 Å². The van der Waals surface area contributed by atoms with Crippen molar-refractivity contribution in [1.82, 2.24) is 9.55 Å². The molecule has 0 saturated heterocycles. The number of thiocarbonyl (C=S) groups is 1. The normalized spacial score (nSPS) is 11.1. The second kappa shape index (κ2) is 5.58. The Morgan fingerprint density at radius 1 is 1.42 bits per heavy atom. The Morgan fingerprint density at radius 3 is 2.74 bits per heavy atom. The molecule has 1 aromatic heterocycles. The number of methoxy groups -OCH3 is 1. The molecule has 1 aromatic carbocycles. The van der Waals surface area contributed by atoms with Crippen molar-refractivity contribution in [2.45, 2.75) is 19.6 Å². The van der Waals surface area contributed by atoms with Crippen LogP contribution in [0.1, 0.15) is 12.2 Å². The standard InChI is InChI=1S/C12H13F2N3OS/c1-18-6-12-16-9-4-7(13)8(14)5-10(9)17(12)3-2-11(15)19/h4-5H,2-3,6H2,1H3,(H2,15,19). The molecule has 0 radical (unpaired) electrons. The van der Waals surface area contributed by atoms with Gasteiger partial charge in [-0.3, -0.25) is 0 Å². The quantitative estimate of drug-likeness (QED) is 0.855. The van der Waals surface area contributed by atoms with Gasteiger partial charge in [-0.15, -0.1) is 0 Å². The van der Waals surface area contributed by atoms with Gasteiger partial charge in [-0.05, 0) is 0 Å². The van der Waals surface area contributed by atoms with E-state index in [0.29, 0.717) is 34.8 Å². The van der Waals surface area contributed by atoms with Crippen molar-refractivity contribution in [3.8, 4) is 0 Å². The molecule has 102 valence electrons. The minimum atomic E-state index is -0.921. The van der Waals surface area contributed by atoms with Gasteiger partial charge in [0.1, 0.15) is 12.4 Å². The highest BCUT2D eigenvalue weighted by Crippen LogP contribution is 2.21. The van der Waals surface area contributed by atoms with E-state index in [1.165, 1.54) is 7.11 Å². The lowest BCUT2D eigenvalue weighted by Crippen LogP contribution is -2.13. The number of imidazole rings is 1. The van der Waals surface area contributed by atoms with E-state index in [9.17, 15) is 8.78 Å². The summed E-state index contributed by atoms with van der Waals surface area (Å²) in [5, 5.41) is 0. The highest BCUT2D eigenvalue weighted by molar-refractivity contribution is 7.80. The molecule has 0 saturated carbocycles. The van der Waals surface area contributed by atoms with Crippen LogP contribution in [0.5, 0.6) is 0 Å². The Morgan fingerprint density at radius 2 is 2.11 bits per heavy atom. The SMILES string of the molecule is COCc1nc2cc(F)c(F)cc2n1CCC(N)=S. The summed E-state index contributed by atoms with van der Waals surface area (Å²) in [6, 6.07) is 2.19. The summed E-state index contributed by atoms with van der Waals surface area (Å²) in [6.07, 6.45) is 0.455. The zero-order chi connectivity index (χ0) is 14.0. The predicted molar refractivity (Wildman–Crippen MR) is 71.8 cm³/mol. The summed E-state index contributed by atoms with van der Waals surface area (Å²) in [6.45, 7) is 0.699. The highest BCUT2D eigenvalue weighted by Gasteiger charge is 2.14. The molecule has 2 rings (SSSR count). The Hall–Kier alpha value is -1.60. The Balaban J connectivity index is 2.51. The molecule has 0 fully saturated rings. The predicted octanol–water partition coefficient (Wildman–Crippen LogP) is 2.14. The van der Waals surface area contributed by atoms with Gasteiger partial charge in [-0.1, -0.05) is 12.2 Å². The zero-order valence-corrected chi connectivity index (χ0v) is 11.1. The number of nitrogens with two attached hydrogens (primary N) is 1. The fourth-order valence-electron chi connectivity index (χ4n) is 1.88. The van der Waals surface area contributed by atoms with E-state index in [-0.39, 0.29) is 6.61 Å². The molecule has 1 heterocycles. The van der Waals surface area contributed by atoms with Crippen LogP contribution in [0.25, 0.3) is 11.0 Å². The number of halogens is 2. The number of hydrogen-bond acceptors (Lipinski definition) is 3. The van der Waals surface area contributed by atoms with Crippen LogP contribution in [-0.2, 0) is 17.9 Å². The lowest BCUT2D eigenvalue weighted by atomic mass is 10.3. The third-order valence-electron chi connectivity index (χ3n) is 2.72. The Labute approximate surface area is 114 Å². The number of nitrogens with zero attached hydrogens (tertiary/aromatic N) is 2. The molecule has 2 aromatic rings. The molecular formula is C12H13F2N3OS. The number of benzene rings is 1. The van der Waals surface area contributed by atoms with Gasteiger partial charge in [0.05, 0.1) is 16.0 Å². The summed E-state index contributed by atoms with van der Waals surface area (Å²) < 4.78 is 33.3. The summed E-state index contributed by atoms with van der Waals surface area (Å²) in [7, 11) is 1.53. The second-order valence-electron chi connectivity index (χ2n) is 4.08. The van der Waals surface area contributed by atoms with Crippen molar-refractivity contribution < 1.29 is 13.5 Å². The molecule has 0 amide bonds. The van der Waals surface area contributed by atoms with Gasteiger partial charge in [0, 0.05) is 32.2 Å². The molecule has 0 aliphatic heterocycles. The van der Waals surface area contributed by atoms with Crippen LogP contribution in [0, 0.1) is 11.6 Å². The van der Waals surface area contributed by atoms with Crippen molar-refractivity contribution in [3.05, 3.63) is 29.6 Å². The number of aryl methyl sites for hydroxylation is 1. The van der Waals surface area contributed by atoms with Gasteiger partial charge in [-0.25, -0.2) is 13.8 Å². The minimum absolute atomic E-state index is 0.245. The van der Waals surface area contributed by atoms with E-state index >= 15 is 0 Å². The highest BCUT2D eigenvalue weighted by atomic mass is 32.1. The molecule has 0 aliphatic carbocycles. The number of aromatic nitrogens is 2. The zero-order valence-electron chi connectivity index (χ0n) is 10.3. The molecular weight excluding hydrogens is 272 g/mol. The van der Waals surface area contributed by atoms with Crippen molar-refractivity contribution in [2.24, 2.45) is 5.73 Å². The summed E-state index contributed by atoms with van der Waals surface area (Å²) >= 11 is 4.82. The van der Waals surface area contributed by atoms with Crippen LogP contribution in [0.4, 0.5) is 8.78 Å². The largest absolute Gasteiger partial charge is 0.393 e. The molecule has 0 spiro atoms. The monoisotopic (exact) mass is 285 g/mol. The van der Waals surface area contributed by atoms with E-state index in [1.807, 2.05) is 0 Å². The molecule has 19 heavy (non-hydrogen) atoms. The molecule has 4 nitrogen and oxygen atoms in total. The Bertz CT molecular complexity index is 627. The third kappa shape index (κ3) is 2.87. The summed E-state index contributed by atoms with van der Waals surface area (Å²) in [5.41, 5.74) is 6.35. The van der Waals surface area contributed by atoms with Crippen LogP contribution in [0.15, 0.2) is 12.1 Å². The van der Waals surface area contributed by atoms with E-state index in [1.54, 1.807) is 4.57 Å². The van der Waals surface area contributed by atoms with Crippen molar-refractivity contribution in [1.29, 1.82) is 0 Å². The van der Waals surface area contributed by atoms with Crippen LogP contribution in [0.2, 0.25) is 0 Å². The van der Waals surface area contributed by atoms with Crippen LogP contribution >= 0.6 is 12.2 Å². The lowest BCUT2D eigenvalue weighted by Gasteiger charge is -2.08. The minimum Gasteiger partial charge on any atom is -0.393 e. The van der Waals surface area contributed by atoms with E-state index in [2.05, 4.69) is 4.98 Å². The van der Waals surface area contributed by atoms with Crippen LogP contribution in [-0.4, -0.2) is 21.6 Å². The molecule has 0 bridgehead atoms. The molecule has 0 aliphatic rings. The maximum atomic E-state index is 13.3. The second-order valence-corrected chi connectivity index (χ2v) is 4.61. The van der Waals surface area contributed by atoms with Crippen LogP contribution < -0.4 is 5.73 Å². The number of hydrogen-bond donors (Lipinski definition) is 1. The fraction of sp³-hybridized carbons (Fsp3) is 0.333. The van der Waals surface area contributed by atoms with Crippen molar-refractivity contribution in [2.75, 3.05) is 7.11 Å². The first kappa shape index (κ1) is 13.8. The van der Waals surface area contributed by atoms with E-state index < -0.39 is 11.6 Å². The van der Waals surface area contributed by atoms with Crippen molar-refractivity contribution >= 4 is 28.2 Å². The smallest absolute Gasteiger partial charge is 0.161 e. The molecule has 2 N–H and O–H groups in total. The average Bonchev–Trinajstić information content (AvgIpc) is 2.65. The van der Waals surface area contributed by atoms with Crippen LogP contribution in [0.3, 0.4) is 0 Å². The number of ether oxygens (including phenoxy) is 1. The van der Waals surface area contributed by atoms with Gasteiger partial charge in [-0.2, -0.15) is 0 Å². The first-order valence-electron chi connectivity index (χ1n) is 5.64. The fourth-order valence-corrected chi connectivity index (χ4v) is 1.97. The van der Waals surface area contributed by atoms with E-state index in [0.717, 1.165) is 12.1 Å². The van der Waals surface area contributed by atoms with Gasteiger partial charge in [0.2, 0.25) is 0 Å². The topological polar surface area (TPSA) is 53.1 Å². The Kier molecular flexibility index (Phi) is 4.06. The van der Waals surface area contributed by atoms with Gasteiger partial charge < -0.3 is 15.0 Å². The average molecular weight is 285 g/mol.